The molecule has 0 aliphatic heterocycles. The first-order valence-electron chi connectivity index (χ1n) is 8.47. The highest BCUT2D eigenvalue weighted by Crippen LogP contribution is 2.30. The van der Waals surface area contributed by atoms with Crippen molar-refractivity contribution in [3.05, 3.63) is 65.4 Å². The van der Waals surface area contributed by atoms with Gasteiger partial charge in [-0.2, -0.15) is 0 Å². The van der Waals surface area contributed by atoms with Gasteiger partial charge in [0.15, 0.2) is 11.5 Å². The van der Waals surface area contributed by atoms with Crippen LogP contribution in [-0.2, 0) is 6.42 Å². The highest BCUT2D eigenvalue weighted by Gasteiger charge is 2.06. The molecule has 0 radical (unpaired) electrons. The van der Waals surface area contributed by atoms with E-state index in [0.29, 0.717) is 17.3 Å². The van der Waals surface area contributed by atoms with Crippen molar-refractivity contribution in [3.63, 3.8) is 0 Å². The summed E-state index contributed by atoms with van der Waals surface area (Å²) in [6, 6.07) is 15.3. The largest absolute Gasteiger partial charge is 0.493 e. The Morgan fingerprint density at radius 1 is 0.926 bits per heavy atom. The van der Waals surface area contributed by atoms with Gasteiger partial charge in [-0.05, 0) is 36.2 Å². The van der Waals surface area contributed by atoms with E-state index in [9.17, 15) is 0 Å². The van der Waals surface area contributed by atoms with Crippen LogP contribution in [0.15, 0.2) is 54.9 Å². The fourth-order valence-corrected chi connectivity index (χ4v) is 2.82. The molecule has 0 aliphatic carbocycles. The lowest BCUT2D eigenvalue weighted by molar-refractivity contribution is 0.355. The summed E-state index contributed by atoms with van der Waals surface area (Å²) in [5.41, 5.74) is 2.02. The third kappa shape index (κ3) is 5.24. The van der Waals surface area contributed by atoms with Crippen molar-refractivity contribution in [3.8, 4) is 11.5 Å². The van der Waals surface area contributed by atoms with Crippen LogP contribution >= 0.6 is 11.6 Å². The smallest absolute Gasteiger partial charge is 0.162 e. The molecule has 0 aliphatic rings. The molecule has 0 amide bonds. The Balaban J connectivity index is 1.62. The lowest BCUT2D eigenvalue weighted by Crippen LogP contribution is -2.07. The monoisotopic (exact) mass is 384 g/mol. The highest BCUT2D eigenvalue weighted by molar-refractivity contribution is 6.30. The van der Waals surface area contributed by atoms with Crippen molar-refractivity contribution in [1.29, 1.82) is 0 Å². The summed E-state index contributed by atoms with van der Waals surface area (Å²) in [5, 5.41) is 7.29. The van der Waals surface area contributed by atoms with Crippen LogP contribution in [0.2, 0.25) is 5.02 Å². The zero-order valence-corrected chi connectivity index (χ0v) is 16.0. The number of benzene rings is 2. The van der Waals surface area contributed by atoms with Gasteiger partial charge < -0.3 is 20.1 Å². The van der Waals surface area contributed by atoms with E-state index in [1.807, 2.05) is 42.5 Å². The van der Waals surface area contributed by atoms with Crippen LogP contribution < -0.4 is 20.1 Å². The van der Waals surface area contributed by atoms with Crippen LogP contribution in [0.5, 0.6) is 11.5 Å². The molecule has 0 saturated carbocycles. The van der Waals surface area contributed by atoms with E-state index in [4.69, 9.17) is 21.1 Å². The lowest BCUT2D eigenvalue weighted by Gasteiger charge is -2.11. The second-order valence-corrected chi connectivity index (χ2v) is 6.23. The highest BCUT2D eigenvalue weighted by atomic mass is 35.5. The van der Waals surface area contributed by atoms with Gasteiger partial charge in [0, 0.05) is 29.4 Å². The summed E-state index contributed by atoms with van der Waals surface area (Å²) >= 11 is 6.01. The molecular formula is C20H21ClN4O2. The number of methoxy groups -OCH3 is 2. The molecule has 3 rings (SSSR count). The molecule has 2 aromatic carbocycles. The van der Waals surface area contributed by atoms with Crippen LogP contribution in [0.1, 0.15) is 5.56 Å². The predicted molar refractivity (Wildman–Crippen MR) is 109 cm³/mol. The number of rotatable bonds is 8. The Hall–Kier alpha value is -2.99. The molecule has 7 heteroatoms. The average molecular weight is 385 g/mol. The first-order valence-corrected chi connectivity index (χ1v) is 8.85. The van der Waals surface area contributed by atoms with E-state index in [-0.39, 0.29) is 0 Å². The number of nitrogens with zero attached hydrogens (tertiary/aromatic N) is 2. The van der Waals surface area contributed by atoms with Crippen LogP contribution in [-0.4, -0.2) is 30.7 Å². The van der Waals surface area contributed by atoms with Gasteiger partial charge in [-0.3, -0.25) is 0 Å². The molecule has 0 saturated heterocycles. The van der Waals surface area contributed by atoms with Gasteiger partial charge in [-0.1, -0.05) is 23.7 Å². The van der Waals surface area contributed by atoms with E-state index in [1.54, 1.807) is 14.2 Å². The van der Waals surface area contributed by atoms with Gasteiger partial charge in [0.1, 0.15) is 18.0 Å². The van der Waals surface area contributed by atoms with Crippen molar-refractivity contribution in [2.45, 2.75) is 6.42 Å². The molecular weight excluding hydrogens is 364 g/mol. The number of halogens is 1. The summed E-state index contributed by atoms with van der Waals surface area (Å²) in [5.74, 6) is 2.75. The molecule has 27 heavy (non-hydrogen) atoms. The maximum absolute atomic E-state index is 6.01. The molecule has 1 aromatic heterocycles. The Labute approximate surface area is 163 Å². The van der Waals surface area contributed by atoms with Gasteiger partial charge in [0.25, 0.3) is 0 Å². The van der Waals surface area contributed by atoms with E-state index in [0.717, 1.165) is 29.5 Å². The minimum atomic E-state index is 0.649. The van der Waals surface area contributed by atoms with Crippen LogP contribution in [0, 0.1) is 0 Å². The van der Waals surface area contributed by atoms with E-state index < -0.39 is 0 Å². The summed E-state index contributed by atoms with van der Waals surface area (Å²) in [7, 11) is 3.21. The van der Waals surface area contributed by atoms with E-state index >= 15 is 0 Å². The molecule has 0 spiro atoms. The second kappa shape index (κ2) is 9.09. The van der Waals surface area contributed by atoms with Crippen molar-refractivity contribution < 1.29 is 9.47 Å². The summed E-state index contributed by atoms with van der Waals surface area (Å²) < 4.78 is 10.6. The zero-order chi connectivity index (χ0) is 19.1. The van der Waals surface area contributed by atoms with Crippen molar-refractivity contribution >= 4 is 28.9 Å². The van der Waals surface area contributed by atoms with Crippen molar-refractivity contribution in [1.82, 2.24) is 9.97 Å². The SMILES string of the molecule is COc1ccc(Nc2cc(NCCc3cccc(Cl)c3)ncn2)cc1OC. The van der Waals surface area contributed by atoms with Crippen LogP contribution in [0.3, 0.4) is 0 Å². The number of anilines is 3. The second-order valence-electron chi connectivity index (χ2n) is 5.79. The molecule has 0 bridgehead atoms. The lowest BCUT2D eigenvalue weighted by atomic mass is 10.1. The first kappa shape index (κ1) is 18.8. The molecule has 2 N–H and O–H groups in total. The van der Waals surface area contributed by atoms with Gasteiger partial charge in [0.05, 0.1) is 14.2 Å². The Kier molecular flexibility index (Phi) is 6.33. The summed E-state index contributed by atoms with van der Waals surface area (Å²) in [6.07, 6.45) is 2.37. The van der Waals surface area contributed by atoms with Crippen molar-refractivity contribution in [2.75, 3.05) is 31.4 Å². The predicted octanol–water partition coefficient (Wildman–Crippen LogP) is 4.55. The maximum Gasteiger partial charge on any atom is 0.162 e. The van der Waals surface area contributed by atoms with Crippen molar-refractivity contribution in [2.24, 2.45) is 0 Å². The molecule has 0 unspecified atom stereocenters. The first-order chi connectivity index (χ1) is 13.2. The van der Waals surface area contributed by atoms with Crippen LogP contribution in [0.4, 0.5) is 17.3 Å². The number of nitrogens with one attached hydrogen (secondary N) is 2. The maximum atomic E-state index is 6.01. The normalized spacial score (nSPS) is 10.3. The standard InChI is InChI=1S/C20H21ClN4O2/c1-26-17-7-6-16(11-18(17)27-2)25-20-12-19(23-13-24-20)22-9-8-14-4-3-5-15(21)10-14/h3-7,10-13H,8-9H2,1-2H3,(H2,22,23,24,25). The molecule has 140 valence electrons. The zero-order valence-electron chi connectivity index (χ0n) is 15.2. The topological polar surface area (TPSA) is 68.3 Å². The Bertz CT molecular complexity index is 905. The van der Waals surface area contributed by atoms with Crippen LogP contribution in [0.25, 0.3) is 0 Å². The number of ether oxygens (including phenoxy) is 2. The third-order valence-electron chi connectivity index (χ3n) is 3.93. The summed E-state index contributed by atoms with van der Waals surface area (Å²) in [4.78, 5) is 8.52. The molecule has 6 nitrogen and oxygen atoms in total. The number of hydrogen-bond donors (Lipinski definition) is 2. The minimum absolute atomic E-state index is 0.649. The molecule has 3 aromatic rings. The van der Waals surface area contributed by atoms with Gasteiger partial charge in [-0.25, -0.2) is 9.97 Å². The quantitative estimate of drug-likeness (QED) is 0.594. The van der Waals surface area contributed by atoms with E-state index in [2.05, 4.69) is 26.7 Å². The van der Waals surface area contributed by atoms with Gasteiger partial charge in [0.2, 0.25) is 0 Å². The Morgan fingerprint density at radius 2 is 1.74 bits per heavy atom. The fraction of sp³-hybridized carbons (Fsp3) is 0.200. The number of aromatic nitrogens is 2. The fourth-order valence-electron chi connectivity index (χ4n) is 2.61. The molecule has 0 atom stereocenters. The molecule has 0 fully saturated rings. The van der Waals surface area contributed by atoms with E-state index in [1.165, 1.54) is 11.9 Å². The minimum Gasteiger partial charge on any atom is -0.493 e. The van der Waals surface area contributed by atoms with Gasteiger partial charge in [-0.15, -0.1) is 0 Å². The molecule has 1 heterocycles. The number of hydrogen-bond acceptors (Lipinski definition) is 6. The average Bonchev–Trinajstić information content (AvgIpc) is 2.68. The summed E-state index contributed by atoms with van der Waals surface area (Å²) in [6.45, 7) is 0.743. The van der Waals surface area contributed by atoms with Gasteiger partial charge >= 0.3 is 0 Å². The third-order valence-corrected chi connectivity index (χ3v) is 4.17. The Morgan fingerprint density at radius 3 is 2.52 bits per heavy atom.